The van der Waals surface area contributed by atoms with Gasteiger partial charge in [0.2, 0.25) is 5.91 Å². The maximum atomic E-state index is 12.4. The van der Waals surface area contributed by atoms with E-state index in [2.05, 4.69) is 18.8 Å². The molecule has 2 aliphatic rings. The maximum Gasteiger partial charge on any atom is 0.303 e. The van der Waals surface area contributed by atoms with Crippen LogP contribution in [0.25, 0.3) is 0 Å². The first kappa shape index (κ1) is 21.8. The molecule has 0 saturated carbocycles. The molecule has 29 heavy (non-hydrogen) atoms. The number of sulfone groups is 1. The third-order valence-electron chi connectivity index (χ3n) is 5.27. The molecule has 0 bridgehead atoms. The fraction of sp³-hybridized carbons (Fsp3) is 0.550. The molecule has 0 aromatic heterocycles. The minimum absolute atomic E-state index is 0.0537. The highest BCUT2D eigenvalue weighted by Gasteiger charge is 2.50. The number of carboxylic acids is 1. The van der Waals surface area contributed by atoms with Crippen molar-refractivity contribution in [2.24, 2.45) is 4.99 Å². The van der Waals surface area contributed by atoms with Crippen LogP contribution in [0.1, 0.15) is 44.2 Å². The highest BCUT2D eigenvalue weighted by Crippen LogP contribution is 2.43. The van der Waals surface area contributed by atoms with E-state index in [1.165, 1.54) is 11.8 Å². The van der Waals surface area contributed by atoms with Gasteiger partial charge in [-0.25, -0.2) is 8.42 Å². The maximum absolute atomic E-state index is 12.4. The number of carbonyl (C=O) groups is 2. The van der Waals surface area contributed by atoms with Gasteiger partial charge in [-0.05, 0) is 30.4 Å². The fourth-order valence-electron chi connectivity index (χ4n) is 3.90. The number of carbonyl (C=O) groups excluding carboxylic acids is 1. The third-order valence-corrected chi connectivity index (χ3v) is 8.48. The fourth-order valence-corrected chi connectivity index (χ4v) is 7.82. The lowest BCUT2D eigenvalue weighted by molar-refractivity contribution is -0.137. The van der Waals surface area contributed by atoms with Crippen LogP contribution in [0.15, 0.2) is 23.2 Å². The lowest BCUT2D eigenvalue weighted by Gasteiger charge is -2.29. The first-order valence-electron chi connectivity index (χ1n) is 9.86. The minimum atomic E-state index is -3.13. The lowest BCUT2D eigenvalue weighted by Crippen LogP contribution is -2.39. The van der Waals surface area contributed by atoms with E-state index >= 15 is 0 Å². The molecule has 2 aliphatic heterocycles. The molecular formula is C20H26N2O5S2. The van der Waals surface area contributed by atoms with Crippen molar-refractivity contribution in [3.8, 4) is 0 Å². The molecule has 3 rings (SSSR count). The second kappa shape index (κ2) is 8.87. The summed E-state index contributed by atoms with van der Waals surface area (Å²) in [5.41, 5.74) is 3.16. The van der Waals surface area contributed by atoms with E-state index in [0.29, 0.717) is 5.17 Å². The van der Waals surface area contributed by atoms with Gasteiger partial charge in [-0.3, -0.25) is 9.59 Å². The van der Waals surface area contributed by atoms with Gasteiger partial charge in [0.15, 0.2) is 15.0 Å². The third kappa shape index (κ3) is 4.83. The lowest BCUT2D eigenvalue weighted by atomic mass is 10.0. The number of para-hydroxylation sites is 1. The average molecular weight is 439 g/mol. The van der Waals surface area contributed by atoms with Crippen LogP contribution in [0.5, 0.6) is 0 Å². The number of nitrogens with zero attached hydrogens (tertiary/aromatic N) is 2. The van der Waals surface area contributed by atoms with E-state index in [-0.39, 0.29) is 48.0 Å². The van der Waals surface area contributed by atoms with Gasteiger partial charge in [0.25, 0.3) is 0 Å². The van der Waals surface area contributed by atoms with Crippen LogP contribution in [0.2, 0.25) is 0 Å². The summed E-state index contributed by atoms with van der Waals surface area (Å²) in [6.45, 7) is 4.11. The number of hydrogen-bond acceptors (Lipinski definition) is 5. The van der Waals surface area contributed by atoms with Gasteiger partial charge in [-0.2, -0.15) is 4.99 Å². The topological polar surface area (TPSA) is 104 Å². The van der Waals surface area contributed by atoms with Crippen molar-refractivity contribution in [2.75, 3.05) is 16.4 Å². The molecule has 1 amide bonds. The number of anilines is 1. The SMILES string of the molecule is CCc1cccc(CC)c1N1C(=NC(=O)CCCC(=O)O)S[C@@H]2CS(=O)(=O)C[C@H]21. The molecule has 9 heteroatoms. The number of fused-ring (bicyclic) bond motifs is 1. The number of thioether (sulfide) groups is 1. The molecule has 0 radical (unpaired) electrons. The number of aliphatic imine (C=N–C) groups is 1. The standard InChI is InChI=1S/C20H26N2O5S2/c1-3-13-7-5-8-14(4-2)19(13)22-15-11-29(26,27)12-16(15)28-20(22)21-17(23)9-6-10-18(24)25/h5,7-8,15-16H,3-4,6,9-12H2,1-2H3,(H,24,25)/t15-,16-/m1/s1. The summed E-state index contributed by atoms with van der Waals surface area (Å²) < 4.78 is 24.5. The molecule has 158 valence electrons. The van der Waals surface area contributed by atoms with Gasteiger partial charge < -0.3 is 10.0 Å². The molecular weight excluding hydrogens is 412 g/mol. The Morgan fingerprint density at radius 1 is 1.17 bits per heavy atom. The molecule has 7 nitrogen and oxygen atoms in total. The number of amidine groups is 1. The summed E-state index contributed by atoms with van der Waals surface area (Å²) in [7, 11) is -3.13. The smallest absolute Gasteiger partial charge is 0.303 e. The van der Waals surface area contributed by atoms with E-state index in [9.17, 15) is 18.0 Å². The number of hydrogen-bond donors (Lipinski definition) is 1. The van der Waals surface area contributed by atoms with Crippen molar-refractivity contribution in [2.45, 2.75) is 57.2 Å². The Bertz CT molecular complexity index is 920. The van der Waals surface area contributed by atoms with E-state index in [1.54, 1.807) is 0 Å². The second-order valence-corrected chi connectivity index (χ2v) is 10.7. The second-order valence-electron chi connectivity index (χ2n) is 7.34. The van der Waals surface area contributed by atoms with Crippen molar-refractivity contribution >= 4 is 44.3 Å². The van der Waals surface area contributed by atoms with E-state index < -0.39 is 15.8 Å². The number of aliphatic carboxylic acids is 1. The summed E-state index contributed by atoms with van der Waals surface area (Å²) in [6.07, 6.45) is 1.80. The van der Waals surface area contributed by atoms with Crippen molar-refractivity contribution in [1.29, 1.82) is 0 Å². The number of rotatable bonds is 7. The van der Waals surface area contributed by atoms with Gasteiger partial charge in [0.05, 0.1) is 17.5 Å². The number of amides is 1. The van der Waals surface area contributed by atoms with Crippen LogP contribution in [-0.4, -0.2) is 53.4 Å². The Hall–Kier alpha value is -1.87. The summed E-state index contributed by atoms with van der Waals surface area (Å²) >= 11 is 1.35. The first-order valence-corrected chi connectivity index (χ1v) is 12.6. The molecule has 0 unspecified atom stereocenters. The van der Waals surface area contributed by atoms with Gasteiger partial charge >= 0.3 is 5.97 Å². The molecule has 2 heterocycles. The van der Waals surface area contributed by atoms with Gasteiger partial charge in [-0.15, -0.1) is 0 Å². The quantitative estimate of drug-likeness (QED) is 0.698. The van der Waals surface area contributed by atoms with Gasteiger partial charge in [0, 0.05) is 23.8 Å². The van der Waals surface area contributed by atoms with E-state index in [1.807, 2.05) is 23.1 Å². The zero-order chi connectivity index (χ0) is 21.2. The molecule has 2 saturated heterocycles. The number of aryl methyl sites for hydroxylation is 2. The highest BCUT2D eigenvalue weighted by molar-refractivity contribution is 8.16. The zero-order valence-corrected chi connectivity index (χ0v) is 18.3. The highest BCUT2D eigenvalue weighted by atomic mass is 32.2. The predicted molar refractivity (Wildman–Crippen MR) is 115 cm³/mol. The molecule has 2 fully saturated rings. The Balaban J connectivity index is 1.98. The Morgan fingerprint density at radius 3 is 2.41 bits per heavy atom. The molecule has 1 aromatic carbocycles. The molecule has 0 aliphatic carbocycles. The molecule has 1 N–H and O–H groups in total. The summed E-state index contributed by atoms with van der Waals surface area (Å²) in [5.74, 6) is -1.17. The predicted octanol–water partition coefficient (Wildman–Crippen LogP) is 2.67. The largest absolute Gasteiger partial charge is 0.481 e. The van der Waals surface area contributed by atoms with Crippen molar-refractivity contribution in [3.05, 3.63) is 29.3 Å². The molecule has 0 spiro atoms. The van der Waals surface area contributed by atoms with Crippen molar-refractivity contribution < 1.29 is 23.1 Å². The van der Waals surface area contributed by atoms with Gasteiger partial charge in [-0.1, -0.05) is 43.8 Å². The van der Waals surface area contributed by atoms with Crippen LogP contribution in [0, 0.1) is 0 Å². The van der Waals surface area contributed by atoms with Crippen molar-refractivity contribution in [1.82, 2.24) is 0 Å². The first-order chi connectivity index (χ1) is 13.8. The van der Waals surface area contributed by atoms with Crippen LogP contribution >= 0.6 is 11.8 Å². The summed E-state index contributed by atoms with van der Waals surface area (Å²) in [4.78, 5) is 29.3. The Kier molecular flexibility index (Phi) is 6.68. The Morgan fingerprint density at radius 2 is 1.83 bits per heavy atom. The minimum Gasteiger partial charge on any atom is -0.481 e. The van der Waals surface area contributed by atoms with Crippen LogP contribution in [-0.2, 0) is 32.3 Å². The Labute approximate surface area is 175 Å². The molecule has 1 aromatic rings. The summed E-state index contributed by atoms with van der Waals surface area (Å²) in [6, 6.07) is 5.82. The van der Waals surface area contributed by atoms with E-state index in [0.717, 1.165) is 29.7 Å². The van der Waals surface area contributed by atoms with Crippen LogP contribution < -0.4 is 4.90 Å². The average Bonchev–Trinajstić information content (AvgIpc) is 3.11. The zero-order valence-electron chi connectivity index (χ0n) is 16.6. The van der Waals surface area contributed by atoms with Crippen molar-refractivity contribution in [3.63, 3.8) is 0 Å². The normalized spacial score (nSPS) is 24.1. The van der Waals surface area contributed by atoms with E-state index in [4.69, 9.17) is 5.11 Å². The van der Waals surface area contributed by atoms with Gasteiger partial charge in [0.1, 0.15) is 0 Å². The molecule has 2 atom stereocenters. The number of benzene rings is 1. The monoisotopic (exact) mass is 438 g/mol. The van der Waals surface area contributed by atoms with Crippen LogP contribution in [0.3, 0.4) is 0 Å². The summed E-state index contributed by atoms with van der Waals surface area (Å²) in [5, 5.41) is 9.14. The number of carboxylic acid groups (broad SMARTS) is 1. The van der Waals surface area contributed by atoms with Crippen LogP contribution in [0.4, 0.5) is 5.69 Å².